The largest absolute Gasteiger partial charge is 0.372 e. The van der Waals surface area contributed by atoms with Crippen LogP contribution in [0, 0.1) is 12.8 Å². The van der Waals surface area contributed by atoms with Gasteiger partial charge in [0.1, 0.15) is 0 Å². The van der Waals surface area contributed by atoms with Crippen molar-refractivity contribution in [1.82, 2.24) is 0 Å². The molecule has 1 aliphatic heterocycles. The molecule has 106 valence electrons. The molecule has 4 heteroatoms. The Hall–Kier alpha value is -0.580. The lowest BCUT2D eigenvalue weighted by atomic mass is 9.95. The van der Waals surface area contributed by atoms with Gasteiger partial charge < -0.3 is 14.4 Å². The van der Waals surface area contributed by atoms with Crippen LogP contribution in [0.1, 0.15) is 18.4 Å². The van der Waals surface area contributed by atoms with Crippen molar-refractivity contribution in [2.45, 2.75) is 26.1 Å². The van der Waals surface area contributed by atoms with Crippen molar-refractivity contribution < 1.29 is 9.47 Å². The molecule has 0 atom stereocenters. The van der Waals surface area contributed by atoms with E-state index in [0.717, 1.165) is 25.9 Å². The van der Waals surface area contributed by atoms with Gasteiger partial charge in [0.15, 0.2) is 6.29 Å². The summed E-state index contributed by atoms with van der Waals surface area (Å²) < 4.78 is 11.9. The van der Waals surface area contributed by atoms with Crippen molar-refractivity contribution in [2.24, 2.45) is 5.92 Å². The van der Waals surface area contributed by atoms with Crippen LogP contribution >= 0.6 is 15.9 Å². The molecule has 0 radical (unpaired) electrons. The van der Waals surface area contributed by atoms with Gasteiger partial charge >= 0.3 is 0 Å². The van der Waals surface area contributed by atoms with Crippen LogP contribution in [-0.2, 0) is 9.47 Å². The number of halogens is 1. The number of nitrogens with zero attached hydrogens (tertiary/aromatic N) is 1. The van der Waals surface area contributed by atoms with E-state index in [9.17, 15) is 0 Å². The van der Waals surface area contributed by atoms with Crippen molar-refractivity contribution >= 4 is 21.6 Å². The molecule has 1 aromatic carbocycles. The Morgan fingerprint density at radius 3 is 2.37 bits per heavy atom. The van der Waals surface area contributed by atoms with Gasteiger partial charge in [-0.1, -0.05) is 15.9 Å². The van der Waals surface area contributed by atoms with Crippen LogP contribution in [0.5, 0.6) is 0 Å². The zero-order valence-corrected chi connectivity index (χ0v) is 13.4. The van der Waals surface area contributed by atoms with Gasteiger partial charge in [0.05, 0.1) is 0 Å². The maximum absolute atomic E-state index is 5.37. The minimum atomic E-state index is -0.0613. The predicted octanol–water partition coefficient (Wildman–Crippen LogP) is 3.59. The van der Waals surface area contributed by atoms with E-state index < -0.39 is 0 Å². The van der Waals surface area contributed by atoms with E-state index in [0.29, 0.717) is 5.92 Å². The Bertz CT molecular complexity index is 413. The van der Waals surface area contributed by atoms with Crippen molar-refractivity contribution in [3.63, 3.8) is 0 Å². The van der Waals surface area contributed by atoms with Gasteiger partial charge in [0, 0.05) is 43.4 Å². The van der Waals surface area contributed by atoms with Crippen molar-refractivity contribution in [2.75, 3.05) is 32.2 Å². The fourth-order valence-electron chi connectivity index (χ4n) is 2.74. The third-order valence-corrected chi connectivity index (χ3v) is 4.79. The second kappa shape index (κ2) is 6.73. The minimum absolute atomic E-state index is 0.0613. The molecule has 0 aliphatic carbocycles. The van der Waals surface area contributed by atoms with Gasteiger partial charge in [-0.25, -0.2) is 0 Å². The summed E-state index contributed by atoms with van der Waals surface area (Å²) in [6, 6.07) is 6.56. The SMILES string of the molecule is COC(OC)C1CCN(c2ccc(Br)c(C)c2)CC1. The third-order valence-electron chi connectivity index (χ3n) is 3.90. The Labute approximate surface area is 124 Å². The lowest BCUT2D eigenvalue weighted by Gasteiger charge is -2.36. The molecule has 0 bridgehead atoms. The topological polar surface area (TPSA) is 21.7 Å². The van der Waals surface area contributed by atoms with E-state index in [-0.39, 0.29) is 6.29 Å². The van der Waals surface area contributed by atoms with E-state index in [1.54, 1.807) is 14.2 Å². The van der Waals surface area contributed by atoms with Crippen LogP contribution in [0.4, 0.5) is 5.69 Å². The summed E-state index contributed by atoms with van der Waals surface area (Å²) in [5.41, 5.74) is 2.59. The van der Waals surface area contributed by atoms with E-state index in [1.807, 2.05) is 0 Å². The smallest absolute Gasteiger partial charge is 0.159 e. The number of anilines is 1. The molecule has 0 N–H and O–H groups in total. The highest BCUT2D eigenvalue weighted by Gasteiger charge is 2.26. The molecular weight excluding hydrogens is 306 g/mol. The fourth-order valence-corrected chi connectivity index (χ4v) is 2.98. The van der Waals surface area contributed by atoms with Gasteiger partial charge in [0.25, 0.3) is 0 Å². The molecule has 0 aromatic heterocycles. The normalized spacial score (nSPS) is 17.2. The highest BCUT2D eigenvalue weighted by molar-refractivity contribution is 9.10. The highest BCUT2D eigenvalue weighted by Crippen LogP contribution is 2.28. The molecule has 1 aliphatic rings. The first kappa shape index (κ1) is 14.8. The third kappa shape index (κ3) is 3.50. The zero-order chi connectivity index (χ0) is 13.8. The number of hydrogen-bond acceptors (Lipinski definition) is 3. The van der Waals surface area contributed by atoms with Crippen LogP contribution in [0.15, 0.2) is 22.7 Å². The van der Waals surface area contributed by atoms with Crippen molar-refractivity contribution in [3.05, 3.63) is 28.2 Å². The first-order valence-corrected chi connectivity index (χ1v) is 7.51. The number of rotatable bonds is 4. The minimum Gasteiger partial charge on any atom is -0.372 e. The average molecular weight is 328 g/mol. The molecule has 19 heavy (non-hydrogen) atoms. The Morgan fingerprint density at radius 2 is 1.84 bits per heavy atom. The number of piperidine rings is 1. The molecule has 0 amide bonds. The molecule has 0 unspecified atom stereocenters. The number of aryl methyl sites for hydroxylation is 1. The molecule has 1 fully saturated rings. The summed E-state index contributed by atoms with van der Waals surface area (Å²) in [7, 11) is 3.44. The van der Waals surface area contributed by atoms with Gasteiger partial charge in [-0.15, -0.1) is 0 Å². The second-order valence-electron chi connectivity index (χ2n) is 5.10. The molecule has 1 saturated heterocycles. The van der Waals surface area contributed by atoms with E-state index in [2.05, 4.69) is 46.0 Å². The van der Waals surface area contributed by atoms with E-state index in [4.69, 9.17) is 9.47 Å². The maximum Gasteiger partial charge on any atom is 0.159 e. The molecule has 1 aromatic rings. The van der Waals surface area contributed by atoms with Crippen molar-refractivity contribution in [1.29, 1.82) is 0 Å². The van der Waals surface area contributed by atoms with Gasteiger partial charge in [0.2, 0.25) is 0 Å². The number of ether oxygens (including phenoxy) is 2. The lowest BCUT2D eigenvalue weighted by Crippen LogP contribution is -2.39. The predicted molar refractivity (Wildman–Crippen MR) is 81.6 cm³/mol. The standard InChI is InChI=1S/C15H22BrNO2/c1-11-10-13(4-5-14(11)16)17-8-6-12(7-9-17)15(18-2)19-3/h4-5,10,12,15H,6-9H2,1-3H3. The molecule has 2 rings (SSSR count). The molecule has 1 heterocycles. The summed E-state index contributed by atoms with van der Waals surface area (Å²) in [6.07, 6.45) is 2.16. The summed E-state index contributed by atoms with van der Waals surface area (Å²) in [4.78, 5) is 2.44. The Balaban J connectivity index is 1.97. The average Bonchev–Trinajstić information content (AvgIpc) is 2.44. The van der Waals surface area contributed by atoms with Gasteiger partial charge in [-0.3, -0.25) is 0 Å². The van der Waals surface area contributed by atoms with Gasteiger partial charge in [-0.05, 0) is 43.5 Å². The molecule has 0 saturated carbocycles. The highest BCUT2D eigenvalue weighted by atomic mass is 79.9. The van der Waals surface area contributed by atoms with Crippen LogP contribution in [0.25, 0.3) is 0 Å². The fraction of sp³-hybridized carbons (Fsp3) is 0.600. The summed E-state index contributed by atoms with van der Waals surface area (Å²) in [6.45, 7) is 4.26. The number of hydrogen-bond donors (Lipinski definition) is 0. The number of methoxy groups -OCH3 is 2. The monoisotopic (exact) mass is 327 g/mol. The zero-order valence-electron chi connectivity index (χ0n) is 11.9. The second-order valence-corrected chi connectivity index (χ2v) is 5.95. The van der Waals surface area contributed by atoms with E-state index >= 15 is 0 Å². The molecule has 3 nitrogen and oxygen atoms in total. The first-order valence-electron chi connectivity index (χ1n) is 6.72. The van der Waals surface area contributed by atoms with E-state index in [1.165, 1.54) is 15.7 Å². The van der Waals surface area contributed by atoms with Crippen LogP contribution in [0.2, 0.25) is 0 Å². The lowest BCUT2D eigenvalue weighted by molar-refractivity contribution is -0.141. The maximum atomic E-state index is 5.37. The number of benzene rings is 1. The summed E-state index contributed by atoms with van der Waals surface area (Å²) in [5, 5.41) is 0. The molecule has 0 spiro atoms. The summed E-state index contributed by atoms with van der Waals surface area (Å²) >= 11 is 3.55. The van der Waals surface area contributed by atoms with Crippen LogP contribution in [0.3, 0.4) is 0 Å². The summed E-state index contributed by atoms with van der Waals surface area (Å²) in [5.74, 6) is 0.503. The quantitative estimate of drug-likeness (QED) is 0.789. The van der Waals surface area contributed by atoms with Gasteiger partial charge in [-0.2, -0.15) is 0 Å². The first-order chi connectivity index (χ1) is 9.15. The Morgan fingerprint density at radius 1 is 1.21 bits per heavy atom. The Kier molecular flexibility index (Phi) is 5.25. The molecular formula is C15H22BrNO2. The van der Waals surface area contributed by atoms with Crippen molar-refractivity contribution in [3.8, 4) is 0 Å². The van der Waals surface area contributed by atoms with Crippen LogP contribution in [-0.4, -0.2) is 33.6 Å². The van der Waals surface area contributed by atoms with Crippen LogP contribution < -0.4 is 4.90 Å².